The Kier molecular flexibility index (Phi) is 6.48. The lowest BCUT2D eigenvalue weighted by molar-refractivity contribution is -0.139. The number of nitrogens with one attached hydrogen (secondary N) is 2. The van der Waals surface area contributed by atoms with Crippen molar-refractivity contribution in [2.45, 2.75) is 36.6 Å². The van der Waals surface area contributed by atoms with Gasteiger partial charge < -0.3 is 10.6 Å². The molecule has 2 heterocycles. The van der Waals surface area contributed by atoms with Gasteiger partial charge in [-0.25, -0.2) is 8.42 Å². The summed E-state index contributed by atoms with van der Waals surface area (Å²) in [5.41, 5.74) is 2.02. The van der Waals surface area contributed by atoms with Crippen LogP contribution in [0.2, 0.25) is 0 Å². The first-order valence-corrected chi connectivity index (χ1v) is 11.4. The van der Waals surface area contributed by atoms with Gasteiger partial charge >= 0.3 is 11.8 Å². The minimum Gasteiger partial charge on any atom is -0.346 e. The molecule has 0 saturated carbocycles. The van der Waals surface area contributed by atoms with Gasteiger partial charge in [-0.15, -0.1) is 11.3 Å². The lowest BCUT2D eigenvalue weighted by atomic mass is 10.1. The smallest absolute Gasteiger partial charge is 0.309 e. The molecule has 1 aliphatic rings. The fraction of sp³-hybridized carbons (Fsp3) is 0.368. The van der Waals surface area contributed by atoms with Crippen LogP contribution in [0.15, 0.2) is 46.0 Å². The molecule has 0 bridgehead atoms. The van der Waals surface area contributed by atoms with Crippen LogP contribution < -0.4 is 10.6 Å². The SMILES string of the molecule is Cc1ccc(CNC(=O)C(=O)NC[C@@H]2CCCN2S(=O)(=O)c2cccs2)cc1. The minimum atomic E-state index is -3.56. The number of amides is 2. The Hall–Kier alpha value is -2.23. The molecule has 2 aromatic rings. The maximum Gasteiger partial charge on any atom is 0.309 e. The highest BCUT2D eigenvalue weighted by Crippen LogP contribution is 2.28. The van der Waals surface area contributed by atoms with E-state index in [1.54, 1.807) is 17.5 Å². The molecule has 1 aliphatic heterocycles. The van der Waals surface area contributed by atoms with Gasteiger partial charge in [-0.05, 0) is 36.8 Å². The van der Waals surface area contributed by atoms with Gasteiger partial charge in [0.1, 0.15) is 4.21 Å². The van der Waals surface area contributed by atoms with Crippen molar-refractivity contribution >= 4 is 33.2 Å². The van der Waals surface area contributed by atoms with Gasteiger partial charge in [0, 0.05) is 25.7 Å². The highest BCUT2D eigenvalue weighted by atomic mass is 32.2. The molecule has 0 unspecified atom stereocenters. The molecule has 3 rings (SSSR count). The summed E-state index contributed by atoms with van der Waals surface area (Å²) in [5.74, 6) is -1.49. The Morgan fingerprint density at radius 2 is 1.86 bits per heavy atom. The second kappa shape index (κ2) is 8.85. The average Bonchev–Trinajstić information content (AvgIpc) is 3.37. The summed E-state index contributed by atoms with van der Waals surface area (Å²) in [4.78, 5) is 24.1. The first-order valence-electron chi connectivity index (χ1n) is 9.05. The van der Waals surface area contributed by atoms with Gasteiger partial charge in [0.2, 0.25) is 0 Å². The third-order valence-electron chi connectivity index (χ3n) is 4.66. The molecule has 0 aliphatic carbocycles. The number of benzene rings is 1. The van der Waals surface area contributed by atoms with Gasteiger partial charge in [-0.3, -0.25) is 9.59 Å². The average molecular weight is 422 g/mol. The number of sulfonamides is 1. The fourth-order valence-electron chi connectivity index (χ4n) is 3.11. The molecule has 9 heteroatoms. The lowest BCUT2D eigenvalue weighted by Crippen LogP contribution is -2.46. The number of carbonyl (C=O) groups excluding carboxylic acids is 2. The first kappa shape index (κ1) is 20.5. The maximum atomic E-state index is 12.7. The van der Waals surface area contributed by atoms with E-state index in [4.69, 9.17) is 0 Å². The van der Waals surface area contributed by atoms with E-state index in [0.717, 1.165) is 17.5 Å². The van der Waals surface area contributed by atoms with Crippen LogP contribution in [-0.2, 0) is 26.2 Å². The number of nitrogens with zero attached hydrogens (tertiary/aromatic N) is 1. The summed E-state index contributed by atoms with van der Waals surface area (Å²) >= 11 is 1.17. The summed E-state index contributed by atoms with van der Waals surface area (Å²) in [6.45, 7) is 2.76. The number of carbonyl (C=O) groups is 2. The van der Waals surface area contributed by atoms with Crippen molar-refractivity contribution in [2.75, 3.05) is 13.1 Å². The van der Waals surface area contributed by atoms with Crippen LogP contribution in [-0.4, -0.2) is 43.7 Å². The van der Waals surface area contributed by atoms with Crippen LogP contribution in [0.4, 0.5) is 0 Å². The molecule has 150 valence electrons. The maximum absolute atomic E-state index is 12.7. The summed E-state index contributed by atoms with van der Waals surface area (Å²) < 4.78 is 27.1. The molecule has 2 amide bonds. The normalized spacial score (nSPS) is 17.4. The Morgan fingerprint density at radius 1 is 1.14 bits per heavy atom. The largest absolute Gasteiger partial charge is 0.346 e. The lowest BCUT2D eigenvalue weighted by Gasteiger charge is -2.23. The van der Waals surface area contributed by atoms with Crippen molar-refractivity contribution in [2.24, 2.45) is 0 Å². The number of aryl methyl sites for hydroxylation is 1. The van der Waals surface area contributed by atoms with Gasteiger partial charge in [0.15, 0.2) is 0 Å². The van der Waals surface area contributed by atoms with E-state index in [1.165, 1.54) is 15.6 Å². The van der Waals surface area contributed by atoms with Gasteiger partial charge in [0.25, 0.3) is 10.0 Å². The zero-order valence-electron chi connectivity index (χ0n) is 15.6. The fourth-order valence-corrected chi connectivity index (χ4v) is 5.93. The highest BCUT2D eigenvalue weighted by Gasteiger charge is 2.36. The van der Waals surface area contributed by atoms with Crippen molar-refractivity contribution in [3.05, 3.63) is 52.9 Å². The predicted octanol–water partition coefficient (Wildman–Crippen LogP) is 1.64. The molecular formula is C19H23N3O4S2. The third-order valence-corrected chi connectivity index (χ3v) is 7.98. The van der Waals surface area contributed by atoms with Crippen LogP contribution in [0.5, 0.6) is 0 Å². The van der Waals surface area contributed by atoms with Gasteiger partial charge in [0.05, 0.1) is 0 Å². The third kappa shape index (κ3) is 4.78. The molecule has 1 saturated heterocycles. The van der Waals surface area contributed by atoms with E-state index in [9.17, 15) is 18.0 Å². The quantitative estimate of drug-likeness (QED) is 0.693. The van der Waals surface area contributed by atoms with Crippen LogP contribution >= 0.6 is 11.3 Å². The van der Waals surface area contributed by atoms with E-state index in [0.29, 0.717) is 17.2 Å². The molecule has 7 nitrogen and oxygen atoms in total. The summed E-state index contributed by atoms with van der Waals surface area (Å²) in [6, 6.07) is 10.6. The number of hydrogen-bond donors (Lipinski definition) is 2. The second-order valence-electron chi connectivity index (χ2n) is 6.72. The first-order chi connectivity index (χ1) is 13.4. The predicted molar refractivity (Wildman–Crippen MR) is 107 cm³/mol. The second-order valence-corrected chi connectivity index (χ2v) is 9.79. The van der Waals surface area contributed by atoms with Crippen molar-refractivity contribution in [3.63, 3.8) is 0 Å². The van der Waals surface area contributed by atoms with Crippen LogP contribution in [0, 0.1) is 6.92 Å². The molecular weight excluding hydrogens is 398 g/mol. The molecule has 1 atom stereocenters. The summed E-state index contributed by atoms with van der Waals surface area (Å²) in [5, 5.41) is 6.86. The van der Waals surface area contributed by atoms with E-state index in [2.05, 4.69) is 10.6 Å². The number of rotatable bonds is 6. The topological polar surface area (TPSA) is 95.6 Å². The Bertz CT molecular complexity index is 925. The molecule has 1 aromatic heterocycles. The molecule has 1 fully saturated rings. The highest BCUT2D eigenvalue weighted by molar-refractivity contribution is 7.91. The van der Waals surface area contributed by atoms with Crippen molar-refractivity contribution in [1.29, 1.82) is 0 Å². The Balaban J connectivity index is 1.51. The van der Waals surface area contributed by atoms with E-state index < -0.39 is 21.8 Å². The zero-order valence-corrected chi connectivity index (χ0v) is 17.2. The Morgan fingerprint density at radius 3 is 2.54 bits per heavy atom. The monoisotopic (exact) mass is 421 g/mol. The molecule has 1 aromatic carbocycles. The standard InChI is InChI=1S/C19H23N3O4S2/c1-14-6-8-15(9-7-14)12-20-18(23)19(24)21-13-16-4-2-10-22(16)28(25,26)17-5-3-11-27-17/h3,5-9,11,16H,2,4,10,12-13H2,1H3,(H,20,23)(H,21,24)/t16-/m0/s1. The van der Waals surface area contributed by atoms with Crippen molar-refractivity contribution in [1.82, 2.24) is 14.9 Å². The van der Waals surface area contributed by atoms with Gasteiger partial charge in [-0.2, -0.15) is 4.31 Å². The van der Waals surface area contributed by atoms with Crippen LogP contribution in [0.25, 0.3) is 0 Å². The Labute approximate surface area is 168 Å². The van der Waals surface area contributed by atoms with E-state index in [1.807, 2.05) is 31.2 Å². The van der Waals surface area contributed by atoms with Crippen LogP contribution in [0.3, 0.4) is 0 Å². The zero-order chi connectivity index (χ0) is 20.1. The molecule has 0 radical (unpaired) electrons. The molecule has 2 N–H and O–H groups in total. The van der Waals surface area contributed by atoms with Crippen molar-refractivity contribution in [3.8, 4) is 0 Å². The minimum absolute atomic E-state index is 0.112. The summed E-state index contributed by atoms with van der Waals surface area (Å²) in [7, 11) is -3.56. The number of hydrogen-bond acceptors (Lipinski definition) is 5. The van der Waals surface area contributed by atoms with Crippen LogP contribution in [0.1, 0.15) is 24.0 Å². The molecule has 0 spiro atoms. The number of thiophene rings is 1. The van der Waals surface area contributed by atoms with Gasteiger partial charge in [-0.1, -0.05) is 35.9 Å². The van der Waals surface area contributed by atoms with E-state index >= 15 is 0 Å². The van der Waals surface area contributed by atoms with E-state index in [-0.39, 0.29) is 19.1 Å². The molecule has 28 heavy (non-hydrogen) atoms. The van der Waals surface area contributed by atoms with Crippen molar-refractivity contribution < 1.29 is 18.0 Å². The summed E-state index contributed by atoms with van der Waals surface area (Å²) in [6.07, 6.45) is 1.38.